The minimum absolute atomic E-state index is 0.0617. The number of nitrogens with one attached hydrogen (secondary N) is 1. The highest BCUT2D eigenvalue weighted by molar-refractivity contribution is 7.17. The highest BCUT2D eigenvalue weighted by Crippen LogP contribution is 2.43. The first-order valence-electron chi connectivity index (χ1n) is 12.1. The number of H-pyrrole nitrogens is 1. The van der Waals surface area contributed by atoms with Crippen molar-refractivity contribution in [2.45, 2.75) is 25.1 Å². The summed E-state index contributed by atoms with van der Waals surface area (Å²) in [7, 11) is 0. The molecular weight excluding hydrogens is 674 g/mol. The van der Waals surface area contributed by atoms with Crippen molar-refractivity contribution in [1.29, 1.82) is 0 Å². The number of tetrazole rings is 1. The number of alkyl halides is 3. The topological polar surface area (TPSA) is 169 Å². The maximum absolute atomic E-state index is 13.6. The number of rotatable bonds is 5. The van der Waals surface area contributed by atoms with Crippen LogP contribution in [0.4, 0.5) is 13.2 Å². The Kier molecular flexibility index (Phi) is 8.53. The average Bonchev–Trinajstić information content (AvgIpc) is 3.78. The van der Waals surface area contributed by atoms with E-state index in [1.165, 1.54) is 11.0 Å². The number of aromatic nitrogens is 7. The smallest absolute Gasteiger partial charge is 0.477 e. The van der Waals surface area contributed by atoms with Gasteiger partial charge in [0.05, 0.1) is 33.5 Å². The van der Waals surface area contributed by atoms with Gasteiger partial charge in [-0.3, -0.25) is 9.36 Å². The van der Waals surface area contributed by atoms with E-state index >= 15 is 0 Å². The zero-order valence-electron chi connectivity index (χ0n) is 21.5. The molecule has 1 aromatic carbocycles. The van der Waals surface area contributed by atoms with Gasteiger partial charge in [0.2, 0.25) is 0 Å². The number of nitrogens with zero attached hydrogens (tertiary/aromatic N) is 6. The summed E-state index contributed by atoms with van der Waals surface area (Å²) in [6.45, 7) is 0. The van der Waals surface area contributed by atoms with Gasteiger partial charge < -0.3 is 15.2 Å². The van der Waals surface area contributed by atoms with Crippen LogP contribution in [0.2, 0.25) is 15.1 Å². The van der Waals surface area contributed by atoms with E-state index in [9.17, 15) is 27.9 Å². The number of pyridine rings is 1. The zero-order valence-corrected chi connectivity index (χ0v) is 24.6. The van der Waals surface area contributed by atoms with Crippen molar-refractivity contribution >= 4 is 58.1 Å². The molecule has 5 heterocycles. The molecule has 6 rings (SSSR count). The largest absolute Gasteiger partial charge is 0.490 e. The molecule has 1 aliphatic rings. The van der Waals surface area contributed by atoms with Crippen LogP contribution in [0.1, 0.15) is 33.7 Å². The van der Waals surface area contributed by atoms with Crippen LogP contribution in [0.3, 0.4) is 0 Å². The molecule has 0 bridgehead atoms. The maximum Gasteiger partial charge on any atom is 0.490 e. The molecule has 0 saturated heterocycles. The molecule has 1 aliphatic heterocycles. The van der Waals surface area contributed by atoms with Crippen molar-refractivity contribution < 1.29 is 33.0 Å². The predicted octanol–water partition coefficient (Wildman–Crippen LogP) is 5.77. The van der Waals surface area contributed by atoms with E-state index in [2.05, 4.69) is 25.5 Å². The third-order valence-electron chi connectivity index (χ3n) is 6.42. The number of carboxylic acid groups (broad SMARTS) is 2. The number of halogens is 6. The van der Waals surface area contributed by atoms with Gasteiger partial charge in [0.25, 0.3) is 5.56 Å². The Morgan fingerprint density at radius 1 is 1.09 bits per heavy atom. The molecule has 4 aromatic heterocycles. The van der Waals surface area contributed by atoms with Gasteiger partial charge in [0, 0.05) is 21.8 Å². The Hall–Kier alpha value is -4.25. The van der Waals surface area contributed by atoms with Gasteiger partial charge in [-0.05, 0) is 53.6 Å². The zero-order chi connectivity index (χ0) is 31.9. The highest BCUT2D eigenvalue weighted by Gasteiger charge is 2.38. The maximum atomic E-state index is 13.6. The summed E-state index contributed by atoms with van der Waals surface area (Å²) in [5, 5.41) is 28.3. The van der Waals surface area contributed by atoms with Crippen molar-refractivity contribution in [1.82, 2.24) is 34.7 Å². The molecule has 0 saturated carbocycles. The quantitative estimate of drug-likeness (QED) is 0.208. The Bertz CT molecular complexity index is 1960. The fraction of sp³-hybridized carbons (Fsp3) is 0.160. The Balaban J connectivity index is 0.000000493. The van der Waals surface area contributed by atoms with E-state index in [4.69, 9.17) is 44.7 Å². The molecule has 228 valence electrons. The van der Waals surface area contributed by atoms with Crippen molar-refractivity contribution in [2.75, 3.05) is 0 Å². The highest BCUT2D eigenvalue weighted by atomic mass is 35.5. The monoisotopic (exact) mass is 687 g/mol. The molecule has 0 unspecified atom stereocenters. The van der Waals surface area contributed by atoms with Crippen LogP contribution >= 0.6 is 46.1 Å². The summed E-state index contributed by atoms with van der Waals surface area (Å²) < 4.78 is 34.7. The first-order chi connectivity index (χ1) is 20.8. The van der Waals surface area contributed by atoms with Gasteiger partial charge in [0.1, 0.15) is 22.1 Å². The Morgan fingerprint density at radius 3 is 2.43 bits per heavy atom. The standard InChI is InChI=1S/C23H14Cl3N7O3S.C2HF3O2/c24-10-1-2-13(32-9-28-30-31-32)11(7-10)18-19(25)14-3-4-15(33(14)22(34)20(18)26)21-27-8-12(29-21)16-5-6-17(37-16)23(35)36;3-2(4,5)1(6)7/h1-2,5-9,15H,3-4H2,(H,27,29)(H,35,36);(H,6,7)/t15-;/m0./s1. The molecule has 0 fully saturated rings. The van der Waals surface area contributed by atoms with Gasteiger partial charge in [-0.2, -0.15) is 17.9 Å². The van der Waals surface area contributed by atoms with E-state index in [0.29, 0.717) is 56.9 Å². The summed E-state index contributed by atoms with van der Waals surface area (Å²) in [4.78, 5) is 42.4. The molecular formula is C25H15Cl3F3N7O5S. The molecule has 12 nitrogen and oxygen atoms in total. The molecule has 0 aliphatic carbocycles. The van der Waals surface area contributed by atoms with Gasteiger partial charge in [-0.25, -0.2) is 14.6 Å². The molecule has 3 N–H and O–H groups in total. The number of carbonyl (C=O) groups is 2. The lowest BCUT2D eigenvalue weighted by atomic mass is 10.0. The number of thiophene rings is 1. The van der Waals surface area contributed by atoms with E-state index in [-0.39, 0.29) is 9.90 Å². The fourth-order valence-corrected chi connectivity index (χ4v) is 6.25. The first kappa shape index (κ1) is 31.2. The second-order valence-corrected chi connectivity index (χ2v) is 11.3. The van der Waals surface area contributed by atoms with E-state index in [1.54, 1.807) is 41.1 Å². The van der Waals surface area contributed by atoms with Crippen molar-refractivity contribution in [3.05, 3.63) is 84.7 Å². The molecule has 5 aromatic rings. The molecule has 44 heavy (non-hydrogen) atoms. The second-order valence-electron chi connectivity index (χ2n) is 9.05. The molecule has 0 amide bonds. The van der Waals surface area contributed by atoms with E-state index in [1.807, 2.05) is 0 Å². The summed E-state index contributed by atoms with van der Waals surface area (Å²) in [6.07, 6.45) is -0.950. The van der Waals surface area contributed by atoms with Gasteiger partial charge >= 0.3 is 18.1 Å². The molecule has 1 atom stereocenters. The van der Waals surface area contributed by atoms with Gasteiger partial charge in [-0.1, -0.05) is 34.8 Å². The number of carboxylic acids is 2. The predicted molar refractivity (Wildman–Crippen MR) is 153 cm³/mol. The number of hydrogen-bond acceptors (Lipinski definition) is 8. The summed E-state index contributed by atoms with van der Waals surface area (Å²) in [5.74, 6) is -3.19. The summed E-state index contributed by atoms with van der Waals surface area (Å²) >= 11 is 21.0. The second kappa shape index (κ2) is 12.0. The van der Waals surface area contributed by atoms with E-state index < -0.39 is 29.7 Å². The number of aliphatic carboxylic acids is 1. The van der Waals surface area contributed by atoms with Crippen LogP contribution in [0.15, 0.2) is 47.7 Å². The Labute approximate surface area is 262 Å². The third-order valence-corrected chi connectivity index (χ3v) is 8.51. The van der Waals surface area contributed by atoms with Crippen LogP contribution in [0.5, 0.6) is 0 Å². The van der Waals surface area contributed by atoms with Gasteiger partial charge in [0.15, 0.2) is 0 Å². The van der Waals surface area contributed by atoms with Crippen LogP contribution in [-0.4, -0.2) is 63.1 Å². The third kappa shape index (κ3) is 5.93. The van der Waals surface area contributed by atoms with E-state index in [0.717, 1.165) is 16.2 Å². The minimum atomic E-state index is -5.08. The van der Waals surface area contributed by atoms with Crippen LogP contribution in [-0.2, 0) is 11.2 Å². The Morgan fingerprint density at radius 2 is 1.82 bits per heavy atom. The van der Waals surface area contributed by atoms with Crippen LogP contribution in [0.25, 0.3) is 27.4 Å². The van der Waals surface area contributed by atoms with Crippen molar-refractivity contribution in [2.24, 2.45) is 0 Å². The number of aromatic amines is 1. The molecule has 0 spiro atoms. The summed E-state index contributed by atoms with van der Waals surface area (Å²) in [6, 6.07) is 7.91. The molecule has 19 heteroatoms. The lowest BCUT2D eigenvalue weighted by Gasteiger charge is -2.18. The lowest BCUT2D eigenvalue weighted by Crippen LogP contribution is -2.26. The number of hydrogen-bond donors (Lipinski definition) is 3. The van der Waals surface area contributed by atoms with Crippen LogP contribution in [0, 0.1) is 0 Å². The number of fused-ring (bicyclic) bond motifs is 1. The normalized spacial score (nSPS) is 14.2. The van der Waals surface area contributed by atoms with Crippen molar-refractivity contribution in [3.8, 4) is 27.4 Å². The first-order valence-corrected chi connectivity index (χ1v) is 14.1. The molecule has 0 radical (unpaired) electrons. The average molecular weight is 689 g/mol. The number of benzene rings is 1. The number of aromatic carboxylic acids is 1. The summed E-state index contributed by atoms with van der Waals surface area (Å²) in [5.41, 5.74) is 2.31. The fourth-order valence-electron chi connectivity index (χ4n) is 4.55. The minimum Gasteiger partial charge on any atom is -0.477 e. The van der Waals surface area contributed by atoms with Crippen molar-refractivity contribution in [3.63, 3.8) is 0 Å². The van der Waals surface area contributed by atoms with Crippen LogP contribution < -0.4 is 5.56 Å². The number of imidazole rings is 1. The lowest BCUT2D eigenvalue weighted by molar-refractivity contribution is -0.192. The SMILES string of the molecule is O=C(O)C(F)(F)F.O=C(O)c1ccc(-c2cnc([C@@H]3CCc4c(Cl)c(-c5cc(Cl)ccc5-n5cnnn5)c(Cl)c(=O)n43)[nH]2)s1. The van der Waals surface area contributed by atoms with Gasteiger partial charge in [-0.15, -0.1) is 16.4 Å².